The van der Waals surface area contributed by atoms with E-state index in [4.69, 9.17) is 24.7 Å². The van der Waals surface area contributed by atoms with E-state index in [1.165, 1.54) is 6.08 Å². The molecule has 0 bridgehead atoms. The molecule has 2 aromatic rings. The Morgan fingerprint density at radius 2 is 1.81 bits per heavy atom. The quantitative estimate of drug-likeness (QED) is 0.319. The molecule has 0 saturated carbocycles. The molecule has 0 aromatic heterocycles. The van der Waals surface area contributed by atoms with E-state index in [2.05, 4.69) is 0 Å². The molecule has 0 amide bonds. The number of nitrogen functional groups attached to an aromatic ring is 1. The molecule has 0 unspecified atom stereocenters. The van der Waals surface area contributed by atoms with Crippen LogP contribution >= 0.6 is 0 Å². The topological polar surface area (TPSA) is 80.0 Å². The van der Waals surface area contributed by atoms with Crippen molar-refractivity contribution in [1.82, 2.24) is 0 Å². The minimum absolute atomic E-state index is 0.324. The lowest BCUT2D eigenvalue weighted by Gasteiger charge is -2.12. The van der Waals surface area contributed by atoms with Crippen LogP contribution in [0.25, 0.3) is 6.08 Å². The van der Waals surface area contributed by atoms with Gasteiger partial charge in [-0.05, 0) is 49.4 Å². The zero-order valence-corrected chi connectivity index (χ0v) is 14.9. The summed E-state index contributed by atoms with van der Waals surface area (Å²) in [6, 6.07) is 12.4. The number of ether oxygens (including phenoxy) is 4. The highest BCUT2D eigenvalue weighted by molar-refractivity contribution is 5.87. The molecule has 2 N–H and O–H groups in total. The average molecular weight is 357 g/mol. The second-order valence-electron chi connectivity index (χ2n) is 5.30. The maximum absolute atomic E-state index is 11.6. The fourth-order valence-corrected chi connectivity index (χ4v) is 2.08. The number of hydrogen-bond donors (Lipinski definition) is 1. The van der Waals surface area contributed by atoms with E-state index in [1.54, 1.807) is 56.5 Å². The van der Waals surface area contributed by atoms with Crippen LogP contribution in [-0.4, -0.2) is 32.9 Å². The predicted molar refractivity (Wildman–Crippen MR) is 100 cm³/mol. The Hall–Kier alpha value is -2.99. The van der Waals surface area contributed by atoms with Gasteiger partial charge in [-0.2, -0.15) is 0 Å². The summed E-state index contributed by atoms with van der Waals surface area (Å²) in [5, 5.41) is 0. The van der Waals surface area contributed by atoms with Crippen molar-refractivity contribution in [1.29, 1.82) is 0 Å². The van der Waals surface area contributed by atoms with Gasteiger partial charge in [0.2, 0.25) is 0 Å². The van der Waals surface area contributed by atoms with Gasteiger partial charge in [0, 0.05) is 30.5 Å². The smallest absolute Gasteiger partial charge is 0.330 e. The number of benzene rings is 2. The van der Waals surface area contributed by atoms with E-state index in [-0.39, 0.29) is 0 Å². The highest BCUT2D eigenvalue weighted by Gasteiger charge is 2.07. The second-order valence-corrected chi connectivity index (χ2v) is 5.30. The van der Waals surface area contributed by atoms with E-state index in [0.717, 1.165) is 0 Å². The number of rotatable bonds is 9. The Morgan fingerprint density at radius 3 is 2.50 bits per heavy atom. The van der Waals surface area contributed by atoms with Crippen LogP contribution in [0.3, 0.4) is 0 Å². The molecule has 2 aromatic carbocycles. The molecule has 0 atom stereocenters. The van der Waals surface area contributed by atoms with Crippen molar-refractivity contribution < 1.29 is 23.7 Å². The third-order valence-electron chi connectivity index (χ3n) is 3.33. The summed E-state index contributed by atoms with van der Waals surface area (Å²) < 4.78 is 21.4. The Kier molecular flexibility index (Phi) is 7.51. The Labute approximate surface area is 153 Å². The maximum Gasteiger partial charge on any atom is 0.330 e. The fraction of sp³-hybridized carbons (Fsp3) is 0.250. The fourth-order valence-electron chi connectivity index (χ4n) is 2.08. The normalized spacial score (nSPS) is 10.7. The summed E-state index contributed by atoms with van der Waals surface area (Å²) in [5.41, 5.74) is 7.07. The number of carbonyl (C=O) groups is 1. The minimum Gasteiger partial charge on any atom is -0.491 e. The van der Waals surface area contributed by atoms with Gasteiger partial charge in [0.1, 0.15) is 23.9 Å². The third-order valence-corrected chi connectivity index (χ3v) is 3.33. The molecule has 0 spiro atoms. The lowest BCUT2D eigenvalue weighted by Crippen LogP contribution is -2.04. The SMILES string of the molecule is CCOC(=O)/C=C/c1ccc(OCCOC)cc1Oc1ccc(N)cc1. The monoisotopic (exact) mass is 357 g/mol. The Balaban J connectivity index is 2.24. The van der Waals surface area contributed by atoms with E-state index >= 15 is 0 Å². The summed E-state index contributed by atoms with van der Waals surface area (Å²) in [4.78, 5) is 11.6. The molecule has 0 aliphatic heterocycles. The third kappa shape index (κ3) is 6.14. The first-order valence-electron chi connectivity index (χ1n) is 8.26. The van der Waals surface area contributed by atoms with Crippen LogP contribution in [0, 0.1) is 0 Å². The summed E-state index contributed by atoms with van der Waals surface area (Å²) in [6.07, 6.45) is 3.00. The van der Waals surface area contributed by atoms with Gasteiger partial charge in [-0.15, -0.1) is 0 Å². The van der Waals surface area contributed by atoms with Gasteiger partial charge in [-0.1, -0.05) is 0 Å². The molecular formula is C20H23NO5. The molecule has 0 fully saturated rings. The highest BCUT2D eigenvalue weighted by atomic mass is 16.5. The van der Waals surface area contributed by atoms with Crippen molar-refractivity contribution in [3.05, 3.63) is 54.1 Å². The number of nitrogens with two attached hydrogens (primary N) is 1. The van der Waals surface area contributed by atoms with Crippen molar-refractivity contribution in [3.63, 3.8) is 0 Å². The first-order valence-corrected chi connectivity index (χ1v) is 8.26. The molecule has 6 nitrogen and oxygen atoms in total. The number of methoxy groups -OCH3 is 1. The first kappa shape index (κ1) is 19.3. The molecule has 0 saturated heterocycles. The van der Waals surface area contributed by atoms with Gasteiger partial charge in [-0.3, -0.25) is 0 Å². The Morgan fingerprint density at radius 1 is 1.08 bits per heavy atom. The molecule has 0 heterocycles. The summed E-state index contributed by atoms with van der Waals surface area (Å²) in [6.45, 7) is 2.99. The van der Waals surface area contributed by atoms with E-state index in [0.29, 0.717) is 48.3 Å². The highest BCUT2D eigenvalue weighted by Crippen LogP contribution is 2.31. The summed E-state index contributed by atoms with van der Waals surface area (Å²) in [7, 11) is 1.61. The van der Waals surface area contributed by atoms with Crippen molar-refractivity contribution in [3.8, 4) is 17.2 Å². The number of hydrogen-bond acceptors (Lipinski definition) is 6. The summed E-state index contributed by atoms with van der Waals surface area (Å²) >= 11 is 0. The lowest BCUT2D eigenvalue weighted by molar-refractivity contribution is -0.137. The number of carbonyl (C=O) groups excluding carboxylic acids is 1. The predicted octanol–water partition coefficient (Wildman–Crippen LogP) is 3.66. The van der Waals surface area contributed by atoms with E-state index in [1.807, 2.05) is 6.07 Å². The Bertz CT molecular complexity index is 740. The van der Waals surface area contributed by atoms with Crippen LogP contribution in [0.5, 0.6) is 17.2 Å². The molecular weight excluding hydrogens is 334 g/mol. The lowest BCUT2D eigenvalue weighted by atomic mass is 10.1. The van der Waals surface area contributed by atoms with Gasteiger partial charge in [0.15, 0.2) is 0 Å². The zero-order valence-electron chi connectivity index (χ0n) is 14.9. The van der Waals surface area contributed by atoms with Gasteiger partial charge in [0.05, 0.1) is 13.2 Å². The van der Waals surface area contributed by atoms with Crippen molar-refractivity contribution in [2.75, 3.05) is 32.7 Å². The molecule has 0 aliphatic carbocycles. The molecule has 2 rings (SSSR count). The average Bonchev–Trinajstić information content (AvgIpc) is 2.63. The zero-order chi connectivity index (χ0) is 18.8. The molecule has 138 valence electrons. The van der Waals surface area contributed by atoms with Gasteiger partial charge >= 0.3 is 5.97 Å². The largest absolute Gasteiger partial charge is 0.491 e. The second kappa shape index (κ2) is 10.1. The van der Waals surface area contributed by atoms with Crippen LogP contribution in [-0.2, 0) is 14.3 Å². The van der Waals surface area contributed by atoms with E-state index < -0.39 is 5.97 Å². The standard InChI is InChI=1S/C20H23NO5/c1-3-24-20(22)11-5-15-4-8-18(25-13-12-23-2)14-19(15)26-17-9-6-16(21)7-10-17/h4-11,14H,3,12-13,21H2,1-2H3/b11-5+. The van der Waals surface area contributed by atoms with Crippen LogP contribution < -0.4 is 15.2 Å². The maximum atomic E-state index is 11.6. The van der Waals surface area contributed by atoms with Crippen molar-refractivity contribution in [2.45, 2.75) is 6.92 Å². The summed E-state index contributed by atoms with van der Waals surface area (Å²) in [5.74, 6) is 1.40. The van der Waals surface area contributed by atoms with Crippen LogP contribution in [0.1, 0.15) is 12.5 Å². The van der Waals surface area contributed by atoms with Crippen molar-refractivity contribution in [2.24, 2.45) is 0 Å². The van der Waals surface area contributed by atoms with Crippen molar-refractivity contribution >= 4 is 17.7 Å². The molecule has 26 heavy (non-hydrogen) atoms. The van der Waals surface area contributed by atoms with Crippen LogP contribution in [0.15, 0.2) is 48.5 Å². The number of anilines is 1. The van der Waals surface area contributed by atoms with Crippen LogP contribution in [0.2, 0.25) is 0 Å². The minimum atomic E-state index is -0.411. The van der Waals surface area contributed by atoms with Crippen LogP contribution in [0.4, 0.5) is 5.69 Å². The first-order chi connectivity index (χ1) is 12.6. The molecule has 0 aliphatic rings. The van der Waals surface area contributed by atoms with E-state index in [9.17, 15) is 4.79 Å². The molecule has 0 radical (unpaired) electrons. The van der Waals surface area contributed by atoms with Gasteiger partial charge < -0.3 is 24.7 Å². The van der Waals surface area contributed by atoms with Gasteiger partial charge in [-0.25, -0.2) is 4.79 Å². The van der Waals surface area contributed by atoms with Gasteiger partial charge in [0.25, 0.3) is 0 Å². The number of esters is 1. The molecule has 6 heteroatoms.